The Hall–Kier alpha value is -1.10. The van der Waals surface area contributed by atoms with Crippen molar-refractivity contribution in [3.8, 4) is 0 Å². The molecule has 0 bridgehead atoms. The molecule has 0 aromatic carbocycles. The molecule has 92 valence electrons. The lowest BCUT2D eigenvalue weighted by molar-refractivity contribution is -0.121. The number of hydrogen-bond donors (Lipinski definition) is 1. The summed E-state index contributed by atoms with van der Waals surface area (Å²) in [6, 6.07) is -0.0638. The van der Waals surface area contributed by atoms with E-state index in [9.17, 15) is 9.59 Å². The SMILES string of the molecule is CC(C)(C)OC(=O)N[C@@H]1CC[C@@H](C=O)OC1. The number of hydrogen-bond acceptors (Lipinski definition) is 4. The number of rotatable bonds is 2. The lowest BCUT2D eigenvalue weighted by Crippen LogP contribution is -2.45. The van der Waals surface area contributed by atoms with Crippen molar-refractivity contribution >= 4 is 12.4 Å². The van der Waals surface area contributed by atoms with Gasteiger partial charge in [0.25, 0.3) is 0 Å². The van der Waals surface area contributed by atoms with Gasteiger partial charge in [-0.15, -0.1) is 0 Å². The number of amides is 1. The van der Waals surface area contributed by atoms with E-state index in [-0.39, 0.29) is 12.1 Å². The summed E-state index contributed by atoms with van der Waals surface area (Å²) in [6.07, 6.45) is 1.42. The van der Waals surface area contributed by atoms with Crippen LogP contribution in [0.25, 0.3) is 0 Å². The molecule has 0 spiro atoms. The minimum atomic E-state index is -0.495. The standard InChI is InChI=1S/C11H19NO4/c1-11(2,3)16-10(14)12-8-4-5-9(6-13)15-7-8/h6,8-9H,4-5,7H2,1-3H3,(H,12,14)/t8-,9+/m1/s1. The van der Waals surface area contributed by atoms with E-state index in [4.69, 9.17) is 9.47 Å². The minimum absolute atomic E-state index is 0.0638. The molecule has 1 rings (SSSR count). The van der Waals surface area contributed by atoms with Crippen LogP contribution in [0.15, 0.2) is 0 Å². The molecule has 1 heterocycles. The highest BCUT2D eigenvalue weighted by atomic mass is 16.6. The molecule has 0 aliphatic carbocycles. The second-order valence-corrected chi connectivity index (χ2v) is 4.93. The third kappa shape index (κ3) is 4.61. The molecule has 1 N–H and O–H groups in total. The smallest absolute Gasteiger partial charge is 0.407 e. The van der Waals surface area contributed by atoms with Crippen molar-refractivity contribution in [3.05, 3.63) is 0 Å². The minimum Gasteiger partial charge on any atom is -0.444 e. The van der Waals surface area contributed by atoms with Gasteiger partial charge in [-0.05, 0) is 33.6 Å². The van der Waals surface area contributed by atoms with Gasteiger partial charge in [0, 0.05) is 0 Å². The fraction of sp³-hybridized carbons (Fsp3) is 0.818. The molecule has 0 saturated carbocycles. The Labute approximate surface area is 95.5 Å². The number of alkyl carbamates (subject to hydrolysis) is 1. The molecule has 5 nitrogen and oxygen atoms in total. The summed E-state index contributed by atoms with van der Waals surface area (Å²) in [5, 5.41) is 2.72. The summed E-state index contributed by atoms with van der Waals surface area (Å²) in [5.74, 6) is 0. The van der Waals surface area contributed by atoms with Gasteiger partial charge in [-0.25, -0.2) is 4.79 Å². The average molecular weight is 229 g/mol. The zero-order chi connectivity index (χ0) is 12.2. The maximum absolute atomic E-state index is 11.4. The molecule has 1 aliphatic rings. The van der Waals surface area contributed by atoms with E-state index in [1.165, 1.54) is 0 Å². The molecule has 1 amide bonds. The molecular formula is C11H19NO4. The van der Waals surface area contributed by atoms with Crippen LogP contribution in [0.4, 0.5) is 4.79 Å². The third-order valence-corrected chi connectivity index (χ3v) is 2.18. The predicted octanol–water partition coefficient (Wildman–Crippen LogP) is 1.26. The molecule has 0 unspecified atom stereocenters. The Kier molecular flexibility index (Phi) is 4.29. The fourth-order valence-electron chi connectivity index (χ4n) is 1.47. The Morgan fingerprint density at radius 1 is 1.44 bits per heavy atom. The monoisotopic (exact) mass is 229 g/mol. The quantitative estimate of drug-likeness (QED) is 0.724. The van der Waals surface area contributed by atoms with Crippen molar-refractivity contribution in [1.29, 1.82) is 0 Å². The number of nitrogens with one attached hydrogen (secondary N) is 1. The lowest BCUT2D eigenvalue weighted by atomic mass is 10.1. The van der Waals surface area contributed by atoms with E-state index in [1.54, 1.807) is 0 Å². The van der Waals surface area contributed by atoms with Crippen molar-refractivity contribution in [1.82, 2.24) is 5.32 Å². The van der Waals surface area contributed by atoms with Crippen LogP contribution in [-0.4, -0.2) is 36.7 Å². The molecule has 1 saturated heterocycles. The molecule has 1 fully saturated rings. The number of carbonyl (C=O) groups is 2. The lowest BCUT2D eigenvalue weighted by Gasteiger charge is -2.28. The topological polar surface area (TPSA) is 64.6 Å². The van der Waals surface area contributed by atoms with Crippen LogP contribution in [0.3, 0.4) is 0 Å². The molecule has 5 heteroatoms. The van der Waals surface area contributed by atoms with Gasteiger partial charge < -0.3 is 19.6 Å². The number of carbonyl (C=O) groups excluding carboxylic acids is 2. The Morgan fingerprint density at radius 3 is 2.56 bits per heavy atom. The first-order valence-corrected chi connectivity index (χ1v) is 5.47. The van der Waals surface area contributed by atoms with Crippen LogP contribution in [0, 0.1) is 0 Å². The van der Waals surface area contributed by atoms with Gasteiger partial charge >= 0.3 is 6.09 Å². The summed E-state index contributed by atoms with van der Waals surface area (Å²) in [5.41, 5.74) is -0.495. The second-order valence-electron chi connectivity index (χ2n) is 4.93. The van der Waals surface area contributed by atoms with Crippen molar-refractivity contribution in [2.75, 3.05) is 6.61 Å². The Bertz CT molecular complexity index is 251. The second kappa shape index (κ2) is 5.30. The maximum Gasteiger partial charge on any atom is 0.407 e. The van der Waals surface area contributed by atoms with Gasteiger partial charge in [-0.3, -0.25) is 0 Å². The van der Waals surface area contributed by atoms with Gasteiger partial charge in [0.1, 0.15) is 18.0 Å². The Morgan fingerprint density at radius 2 is 2.12 bits per heavy atom. The zero-order valence-corrected chi connectivity index (χ0v) is 9.99. The van der Waals surface area contributed by atoms with Crippen molar-refractivity contribution in [3.63, 3.8) is 0 Å². The van der Waals surface area contributed by atoms with Gasteiger partial charge in [0.2, 0.25) is 0 Å². The molecule has 0 aromatic rings. The van der Waals surface area contributed by atoms with E-state index >= 15 is 0 Å². The van der Waals surface area contributed by atoms with Gasteiger partial charge in [0.15, 0.2) is 0 Å². The number of aldehydes is 1. The van der Waals surface area contributed by atoms with Crippen LogP contribution < -0.4 is 5.32 Å². The van der Waals surface area contributed by atoms with Crippen LogP contribution in [-0.2, 0) is 14.3 Å². The summed E-state index contributed by atoms with van der Waals surface area (Å²) >= 11 is 0. The summed E-state index contributed by atoms with van der Waals surface area (Å²) < 4.78 is 10.4. The molecular weight excluding hydrogens is 210 g/mol. The summed E-state index contributed by atoms with van der Waals surface area (Å²) in [4.78, 5) is 21.9. The van der Waals surface area contributed by atoms with Crippen molar-refractivity contribution in [2.24, 2.45) is 0 Å². The largest absolute Gasteiger partial charge is 0.444 e. The number of ether oxygens (including phenoxy) is 2. The van der Waals surface area contributed by atoms with Crippen molar-refractivity contribution < 1.29 is 19.1 Å². The third-order valence-electron chi connectivity index (χ3n) is 2.18. The van der Waals surface area contributed by atoms with E-state index in [1.807, 2.05) is 20.8 Å². The molecule has 2 atom stereocenters. The van der Waals surface area contributed by atoms with Gasteiger partial charge in [0.05, 0.1) is 12.6 Å². The first-order chi connectivity index (χ1) is 7.40. The van der Waals surface area contributed by atoms with E-state index in [0.717, 1.165) is 12.7 Å². The van der Waals surface area contributed by atoms with Crippen LogP contribution in [0.5, 0.6) is 0 Å². The highest BCUT2D eigenvalue weighted by Crippen LogP contribution is 2.13. The van der Waals surface area contributed by atoms with Crippen LogP contribution >= 0.6 is 0 Å². The average Bonchev–Trinajstić information content (AvgIpc) is 2.16. The van der Waals surface area contributed by atoms with Crippen LogP contribution in [0.1, 0.15) is 33.6 Å². The van der Waals surface area contributed by atoms with Gasteiger partial charge in [-0.1, -0.05) is 0 Å². The summed E-state index contributed by atoms with van der Waals surface area (Å²) in [7, 11) is 0. The maximum atomic E-state index is 11.4. The molecule has 1 aliphatic heterocycles. The first kappa shape index (κ1) is 13.0. The van der Waals surface area contributed by atoms with Crippen molar-refractivity contribution in [2.45, 2.75) is 51.4 Å². The zero-order valence-electron chi connectivity index (χ0n) is 9.99. The highest BCUT2D eigenvalue weighted by Gasteiger charge is 2.24. The van der Waals surface area contributed by atoms with Gasteiger partial charge in [-0.2, -0.15) is 0 Å². The fourth-order valence-corrected chi connectivity index (χ4v) is 1.47. The summed E-state index contributed by atoms with van der Waals surface area (Å²) in [6.45, 7) is 5.80. The molecule has 0 aromatic heterocycles. The first-order valence-electron chi connectivity index (χ1n) is 5.47. The molecule has 0 radical (unpaired) electrons. The normalized spacial score (nSPS) is 25.9. The van der Waals surface area contributed by atoms with Crippen LogP contribution in [0.2, 0.25) is 0 Å². The van der Waals surface area contributed by atoms with E-state index in [2.05, 4.69) is 5.32 Å². The predicted molar refractivity (Wildman–Crippen MR) is 58.2 cm³/mol. The molecule has 16 heavy (non-hydrogen) atoms. The highest BCUT2D eigenvalue weighted by molar-refractivity contribution is 5.68. The van der Waals surface area contributed by atoms with E-state index < -0.39 is 11.7 Å². The van der Waals surface area contributed by atoms with E-state index in [0.29, 0.717) is 13.0 Å². The Balaban J connectivity index is 2.28.